The summed E-state index contributed by atoms with van der Waals surface area (Å²) in [6.07, 6.45) is 2.02. The zero-order chi connectivity index (χ0) is 17.6. The van der Waals surface area contributed by atoms with Crippen LogP contribution < -0.4 is 5.32 Å². The maximum absolute atomic E-state index is 12.6. The highest BCUT2D eigenvalue weighted by Gasteiger charge is 2.26. The molecule has 0 aliphatic heterocycles. The van der Waals surface area contributed by atoms with Crippen LogP contribution in [0.15, 0.2) is 40.8 Å². The Morgan fingerprint density at radius 1 is 1.04 bits per heavy atom. The summed E-state index contributed by atoms with van der Waals surface area (Å²) >= 11 is 12.2. The number of anilines is 1. The molecule has 1 amide bonds. The van der Waals surface area contributed by atoms with E-state index in [2.05, 4.69) is 5.32 Å². The molecule has 0 saturated heterocycles. The molecule has 0 unspecified atom stereocenters. The molecule has 126 valence electrons. The fourth-order valence-electron chi connectivity index (χ4n) is 3.18. The third kappa shape index (κ3) is 2.71. The molecule has 25 heavy (non-hydrogen) atoms. The van der Waals surface area contributed by atoms with Crippen molar-refractivity contribution in [3.8, 4) is 0 Å². The van der Waals surface area contributed by atoms with E-state index in [-0.39, 0.29) is 21.4 Å². The Morgan fingerprint density at radius 2 is 1.76 bits per heavy atom. The van der Waals surface area contributed by atoms with Crippen LogP contribution in [0.4, 0.5) is 5.69 Å². The number of furan rings is 1. The lowest BCUT2D eigenvalue weighted by Crippen LogP contribution is -2.13. The third-order valence-electron chi connectivity index (χ3n) is 4.31. The topological polar surface area (TPSA) is 59.3 Å². The summed E-state index contributed by atoms with van der Waals surface area (Å²) in [5.41, 5.74) is 1.82. The third-order valence-corrected chi connectivity index (χ3v) is 4.94. The molecule has 0 radical (unpaired) electrons. The first-order valence-corrected chi connectivity index (χ1v) is 8.65. The van der Waals surface area contributed by atoms with Crippen LogP contribution in [0.5, 0.6) is 0 Å². The van der Waals surface area contributed by atoms with Crippen molar-refractivity contribution in [3.63, 3.8) is 0 Å². The van der Waals surface area contributed by atoms with Crippen LogP contribution in [0.25, 0.3) is 11.0 Å². The monoisotopic (exact) mass is 373 g/mol. The minimum atomic E-state index is -0.427. The second-order valence-electron chi connectivity index (χ2n) is 5.91. The van der Waals surface area contributed by atoms with Gasteiger partial charge in [0.1, 0.15) is 5.76 Å². The van der Waals surface area contributed by atoms with Gasteiger partial charge in [0.25, 0.3) is 5.91 Å². The Morgan fingerprint density at radius 3 is 2.52 bits per heavy atom. The number of aryl methyl sites for hydroxylation is 1. The molecule has 1 aliphatic rings. The lowest BCUT2D eigenvalue weighted by molar-refractivity contribution is 0.0969. The minimum absolute atomic E-state index is 0.0811. The van der Waals surface area contributed by atoms with Gasteiger partial charge in [-0.3, -0.25) is 9.59 Å². The first kappa shape index (κ1) is 16.2. The van der Waals surface area contributed by atoms with Crippen LogP contribution in [0, 0.1) is 0 Å². The molecule has 0 bridgehead atoms. The quantitative estimate of drug-likeness (QED) is 0.643. The van der Waals surface area contributed by atoms with Gasteiger partial charge in [-0.1, -0.05) is 41.4 Å². The Labute approximate surface area is 153 Å². The number of ketones is 1. The van der Waals surface area contributed by atoms with E-state index >= 15 is 0 Å². The highest BCUT2D eigenvalue weighted by Crippen LogP contribution is 2.36. The number of para-hydroxylation sites is 1. The van der Waals surface area contributed by atoms with E-state index in [1.54, 1.807) is 30.3 Å². The fraction of sp³-hybridized carbons (Fsp3) is 0.158. The lowest BCUT2D eigenvalue weighted by Gasteiger charge is -2.09. The molecule has 1 aromatic heterocycles. The largest absolute Gasteiger partial charge is 0.458 e. The molecule has 0 atom stereocenters. The number of fused-ring (bicyclic) bond motifs is 3. The van der Waals surface area contributed by atoms with E-state index in [9.17, 15) is 9.59 Å². The number of amides is 1. The van der Waals surface area contributed by atoms with Gasteiger partial charge in [-0.05, 0) is 24.6 Å². The normalized spacial score (nSPS) is 13.8. The van der Waals surface area contributed by atoms with E-state index in [1.807, 2.05) is 6.07 Å². The number of nitrogens with one attached hydrogen (secondary N) is 1. The van der Waals surface area contributed by atoms with Crippen LogP contribution >= 0.6 is 23.2 Å². The van der Waals surface area contributed by atoms with Crippen molar-refractivity contribution in [1.82, 2.24) is 0 Å². The first-order valence-electron chi connectivity index (χ1n) is 7.89. The summed E-state index contributed by atoms with van der Waals surface area (Å²) < 4.78 is 5.89. The molecule has 4 rings (SSSR count). The molecule has 2 aromatic carbocycles. The molecule has 6 heteroatoms. The molecule has 4 nitrogen and oxygen atoms in total. The van der Waals surface area contributed by atoms with Crippen LogP contribution in [-0.2, 0) is 6.42 Å². The number of carbonyl (C=O) groups excluding carboxylic acids is 2. The van der Waals surface area contributed by atoms with E-state index in [0.29, 0.717) is 29.0 Å². The number of hydrogen-bond donors (Lipinski definition) is 1. The van der Waals surface area contributed by atoms with Gasteiger partial charge in [0.05, 0.1) is 26.9 Å². The Hall–Kier alpha value is -2.30. The number of hydrogen-bond acceptors (Lipinski definition) is 3. The van der Waals surface area contributed by atoms with Crippen LogP contribution in [-0.4, -0.2) is 11.7 Å². The number of benzene rings is 2. The van der Waals surface area contributed by atoms with Crippen LogP contribution in [0.3, 0.4) is 0 Å². The van der Waals surface area contributed by atoms with Gasteiger partial charge < -0.3 is 9.73 Å². The van der Waals surface area contributed by atoms with Gasteiger partial charge in [0.2, 0.25) is 0 Å². The summed E-state index contributed by atoms with van der Waals surface area (Å²) in [6, 6.07) is 10.2. The SMILES string of the molecule is O=C(Nc1cccc2c3c(oc12)CCCC3=O)c1c(Cl)cccc1Cl. The molecule has 1 N–H and O–H groups in total. The van der Waals surface area contributed by atoms with Gasteiger partial charge >= 0.3 is 0 Å². The van der Waals surface area contributed by atoms with E-state index < -0.39 is 5.91 Å². The molecule has 3 aromatic rings. The van der Waals surface area contributed by atoms with Crippen molar-refractivity contribution >= 4 is 51.5 Å². The second kappa shape index (κ2) is 6.21. The molecule has 0 fully saturated rings. The van der Waals surface area contributed by atoms with Crippen molar-refractivity contribution < 1.29 is 14.0 Å². The van der Waals surface area contributed by atoms with E-state index in [4.69, 9.17) is 27.6 Å². The molecule has 1 aliphatic carbocycles. The highest BCUT2D eigenvalue weighted by molar-refractivity contribution is 6.40. The maximum atomic E-state index is 12.6. The maximum Gasteiger partial charge on any atom is 0.258 e. The van der Waals surface area contributed by atoms with Gasteiger partial charge in [-0.2, -0.15) is 0 Å². The summed E-state index contributed by atoms with van der Waals surface area (Å²) in [5.74, 6) is 0.338. The number of Topliss-reactive ketones (excluding diaryl/α,β-unsaturated/α-hetero) is 1. The van der Waals surface area contributed by atoms with E-state index in [0.717, 1.165) is 18.2 Å². The predicted molar refractivity (Wildman–Crippen MR) is 97.9 cm³/mol. The average molecular weight is 374 g/mol. The fourth-order valence-corrected chi connectivity index (χ4v) is 3.75. The standard InChI is InChI=1S/C19H13Cl2NO3/c20-11-5-2-6-12(21)17(11)19(24)22-13-7-1-4-10-16-14(23)8-3-9-15(16)25-18(10)13/h1-2,4-7H,3,8-9H2,(H,22,24). The summed E-state index contributed by atoms with van der Waals surface area (Å²) in [4.78, 5) is 24.8. The smallest absolute Gasteiger partial charge is 0.258 e. The van der Waals surface area contributed by atoms with Crippen molar-refractivity contribution in [2.75, 3.05) is 5.32 Å². The van der Waals surface area contributed by atoms with Crippen molar-refractivity contribution in [1.29, 1.82) is 0 Å². The van der Waals surface area contributed by atoms with Gasteiger partial charge in [-0.25, -0.2) is 0 Å². The summed E-state index contributed by atoms with van der Waals surface area (Å²) in [5, 5.41) is 4.06. The number of carbonyl (C=O) groups is 2. The second-order valence-corrected chi connectivity index (χ2v) is 6.72. The molecule has 0 spiro atoms. The van der Waals surface area contributed by atoms with Crippen LogP contribution in [0.1, 0.15) is 39.3 Å². The molecule has 0 saturated carbocycles. The van der Waals surface area contributed by atoms with Gasteiger partial charge in [0.15, 0.2) is 11.4 Å². The summed E-state index contributed by atoms with van der Waals surface area (Å²) in [7, 11) is 0. The Balaban J connectivity index is 1.78. The number of halogens is 2. The predicted octanol–water partition coefficient (Wildman–Crippen LogP) is 5.51. The van der Waals surface area contributed by atoms with Gasteiger partial charge in [-0.15, -0.1) is 0 Å². The number of rotatable bonds is 2. The van der Waals surface area contributed by atoms with Crippen molar-refractivity contribution in [2.24, 2.45) is 0 Å². The van der Waals surface area contributed by atoms with Crippen molar-refractivity contribution in [3.05, 3.63) is 63.3 Å². The zero-order valence-electron chi connectivity index (χ0n) is 13.1. The summed E-state index contributed by atoms with van der Waals surface area (Å²) in [6.45, 7) is 0. The molecule has 1 heterocycles. The van der Waals surface area contributed by atoms with Crippen LogP contribution in [0.2, 0.25) is 10.0 Å². The first-order chi connectivity index (χ1) is 12.1. The Kier molecular flexibility index (Phi) is 4.02. The molecular formula is C19H13Cl2NO3. The molecular weight excluding hydrogens is 361 g/mol. The highest BCUT2D eigenvalue weighted by atomic mass is 35.5. The Bertz CT molecular complexity index is 1000. The lowest BCUT2D eigenvalue weighted by atomic mass is 9.94. The average Bonchev–Trinajstić information content (AvgIpc) is 2.96. The van der Waals surface area contributed by atoms with E-state index in [1.165, 1.54) is 0 Å². The zero-order valence-corrected chi connectivity index (χ0v) is 14.6. The van der Waals surface area contributed by atoms with Crippen molar-refractivity contribution in [2.45, 2.75) is 19.3 Å². The minimum Gasteiger partial charge on any atom is -0.458 e. The van der Waals surface area contributed by atoms with Gasteiger partial charge in [0, 0.05) is 18.2 Å².